The number of rotatable bonds is 4. The highest BCUT2D eigenvalue weighted by molar-refractivity contribution is 9.09. The first-order valence-electron chi connectivity index (χ1n) is 12.0. The van der Waals surface area contributed by atoms with Gasteiger partial charge in [-0.25, -0.2) is 4.39 Å². The fourth-order valence-electron chi connectivity index (χ4n) is 5.58. The van der Waals surface area contributed by atoms with Crippen LogP contribution in [0.2, 0.25) is 0 Å². The summed E-state index contributed by atoms with van der Waals surface area (Å²) >= 11 is 3.34. The molecule has 3 fully saturated rings. The van der Waals surface area contributed by atoms with E-state index >= 15 is 0 Å². The van der Waals surface area contributed by atoms with Crippen molar-refractivity contribution in [3.63, 3.8) is 0 Å². The van der Waals surface area contributed by atoms with Gasteiger partial charge in [0.2, 0.25) is 11.5 Å². The van der Waals surface area contributed by atoms with Crippen LogP contribution in [0.15, 0.2) is 10.9 Å². The van der Waals surface area contributed by atoms with E-state index < -0.39 is 57.8 Å². The number of alkyl halides is 4. The van der Waals surface area contributed by atoms with Gasteiger partial charge >= 0.3 is 6.18 Å². The number of pyridine rings is 1. The Bertz CT molecular complexity index is 1050. The van der Waals surface area contributed by atoms with Gasteiger partial charge in [0, 0.05) is 49.2 Å². The zero-order valence-corrected chi connectivity index (χ0v) is 21.3. The topological polar surface area (TPSA) is 94.7 Å². The molecule has 13 heteroatoms. The Morgan fingerprint density at radius 3 is 2.56 bits per heavy atom. The summed E-state index contributed by atoms with van der Waals surface area (Å²) in [5.74, 6) is -4.55. The summed E-state index contributed by atoms with van der Waals surface area (Å²) in [5.41, 5.74) is -1.12. The Kier molecular flexibility index (Phi) is 8.10. The molecule has 4 unspecified atom stereocenters. The molecule has 2 saturated heterocycles. The number of H-pyrrole nitrogens is 1. The summed E-state index contributed by atoms with van der Waals surface area (Å²) < 4.78 is 62.3. The Labute approximate surface area is 213 Å². The zero-order valence-electron chi connectivity index (χ0n) is 19.7. The Hall–Kier alpha value is -1.99. The van der Waals surface area contributed by atoms with Crippen LogP contribution in [-0.2, 0) is 9.53 Å². The fraction of sp³-hybridized carbons (Fsp3) is 0.696. The summed E-state index contributed by atoms with van der Waals surface area (Å²) in [7, 11) is 0. The monoisotopic (exact) mass is 580 g/mol. The van der Waals surface area contributed by atoms with E-state index in [0.717, 1.165) is 6.07 Å². The van der Waals surface area contributed by atoms with Crippen molar-refractivity contribution in [1.29, 1.82) is 0 Å². The van der Waals surface area contributed by atoms with Crippen LogP contribution >= 0.6 is 15.9 Å². The van der Waals surface area contributed by atoms with Gasteiger partial charge in [0.1, 0.15) is 0 Å². The Morgan fingerprint density at radius 2 is 1.89 bits per heavy atom. The maximum atomic E-state index is 14.4. The lowest BCUT2D eigenvalue weighted by Gasteiger charge is -2.46. The van der Waals surface area contributed by atoms with Gasteiger partial charge in [-0.3, -0.25) is 19.3 Å². The van der Waals surface area contributed by atoms with Crippen LogP contribution in [0.4, 0.5) is 17.6 Å². The van der Waals surface area contributed by atoms with Gasteiger partial charge in [-0.15, -0.1) is 0 Å². The molecule has 1 aromatic rings. The highest BCUT2D eigenvalue weighted by atomic mass is 79.9. The van der Waals surface area contributed by atoms with Gasteiger partial charge in [0.05, 0.1) is 36.3 Å². The predicted octanol–water partition coefficient (Wildman–Crippen LogP) is 2.21. The number of nitrogens with one attached hydrogen (secondary N) is 2. The smallest absolute Gasteiger partial charge is 0.378 e. The first-order chi connectivity index (χ1) is 17.0. The molecule has 3 heterocycles. The molecular formula is C23H29BrF4N4O4. The van der Waals surface area contributed by atoms with Crippen LogP contribution in [0, 0.1) is 24.6 Å². The molecular weight excluding hydrogens is 552 g/mol. The minimum absolute atomic E-state index is 0.0790. The number of hydrogen-bond acceptors (Lipinski definition) is 5. The number of carbonyl (C=O) groups excluding carboxylic acids is 2. The minimum Gasteiger partial charge on any atom is -0.378 e. The third-order valence-corrected chi connectivity index (χ3v) is 8.02. The van der Waals surface area contributed by atoms with Gasteiger partial charge in [-0.2, -0.15) is 13.2 Å². The van der Waals surface area contributed by atoms with Crippen LogP contribution in [0.3, 0.4) is 0 Å². The van der Waals surface area contributed by atoms with Gasteiger partial charge in [0.25, 0.3) is 5.91 Å². The van der Waals surface area contributed by atoms with Crippen molar-refractivity contribution in [3.8, 4) is 0 Å². The van der Waals surface area contributed by atoms with Crippen LogP contribution in [0.5, 0.6) is 0 Å². The largest absolute Gasteiger partial charge is 0.393 e. The summed E-state index contributed by atoms with van der Waals surface area (Å²) in [6.07, 6.45) is -4.04. The van der Waals surface area contributed by atoms with Crippen molar-refractivity contribution in [1.82, 2.24) is 20.1 Å². The van der Waals surface area contributed by atoms with Crippen molar-refractivity contribution in [2.45, 2.75) is 49.3 Å². The van der Waals surface area contributed by atoms with E-state index in [-0.39, 0.29) is 37.5 Å². The van der Waals surface area contributed by atoms with Crippen LogP contribution in [-0.4, -0.2) is 89.1 Å². The van der Waals surface area contributed by atoms with E-state index in [4.69, 9.17) is 4.74 Å². The summed E-state index contributed by atoms with van der Waals surface area (Å²) in [6.45, 7) is 3.04. The lowest BCUT2D eigenvalue weighted by Crippen LogP contribution is -2.59. The number of aryl methyl sites for hydroxylation is 1. The second kappa shape index (κ2) is 10.8. The van der Waals surface area contributed by atoms with Crippen molar-refractivity contribution in [3.05, 3.63) is 33.5 Å². The first kappa shape index (κ1) is 27.1. The quantitative estimate of drug-likeness (QED) is 0.420. The van der Waals surface area contributed by atoms with Crippen molar-refractivity contribution >= 4 is 27.7 Å². The predicted molar refractivity (Wildman–Crippen MR) is 125 cm³/mol. The first-order valence-corrected chi connectivity index (χ1v) is 12.9. The summed E-state index contributed by atoms with van der Waals surface area (Å²) in [5, 5.41) is 2.65. The van der Waals surface area contributed by atoms with E-state index in [1.807, 2.05) is 0 Å². The van der Waals surface area contributed by atoms with E-state index in [1.165, 1.54) is 6.92 Å². The molecule has 2 amide bonds. The third-order valence-electron chi connectivity index (χ3n) is 7.28. The third kappa shape index (κ3) is 5.77. The number of amides is 2. The summed E-state index contributed by atoms with van der Waals surface area (Å²) in [4.78, 5) is 42.8. The molecule has 2 aliphatic heterocycles. The standard InChI is InChI=1S/C23H29BrF4N4O4/c1-12-19(25)15(10-18(33)29-12)21(34)30-14-2-3-32(11-14)20-16(22(35)31-4-6-36-7-5-31)8-13(24)9-17(20)23(26,27)28/h10,13-14,16-17,20H,2-9,11H2,1H3,(H,29,33)(H,30,34)/t13?,14-,16?,17?,20?/m1/s1. The molecule has 1 saturated carbocycles. The molecule has 4 rings (SSSR count). The number of ether oxygens (including phenoxy) is 1. The molecule has 0 bridgehead atoms. The van der Waals surface area contributed by atoms with Crippen LogP contribution < -0.4 is 10.9 Å². The van der Waals surface area contributed by atoms with Crippen molar-refractivity contribution in [2.24, 2.45) is 11.8 Å². The molecule has 2 N–H and O–H groups in total. The average molecular weight is 581 g/mol. The Balaban J connectivity index is 1.53. The Morgan fingerprint density at radius 1 is 1.19 bits per heavy atom. The number of aromatic nitrogens is 1. The molecule has 0 radical (unpaired) electrons. The number of hydrogen-bond donors (Lipinski definition) is 2. The zero-order chi connectivity index (χ0) is 26.2. The highest BCUT2D eigenvalue weighted by Gasteiger charge is 2.55. The average Bonchev–Trinajstić information content (AvgIpc) is 3.28. The lowest BCUT2D eigenvalue weighted by molar-refractivity contribution is -0.205. The summed E-state index contributed by atoms with van der Waals surface area (Å²) in [6, 6.07) is -0.765. The number of likely N-dealkylation sites (tertiary alicyclic amines) is 1. The van der Waals surface area contributed by atoms with E-state index in [9.17, 15) is 31.9 Å². The molecule has 5 atom stereocenters. The number of nitrogens with zero attached hydrogens (tertiary/aromatic N) is 2. The molecule has 3 aliphatic rings. The van der Waals surface area contributed by atoms with E-state index in [2.05, 4.69) is 26.2 Å². The molecule has 36 heavy (non-hydrogen) atoms. The molecule has 8 nitrogen and oxygen atoms in total. The number of carbonyl (C=O) groups is 2. The second-order valence-corrected chi connectivity index (χ2v) is 11.0. The second-order valence-electron chi connectivity index (χ2n) is 9.69. The fourth-order valence-corrected chi connectivity index (χ4v) is 6.39. The van der Waals surface area contributed by atoms with E-state index in [0.29, 0.717) is 32.7 Å². The van der Waals surface area contributed by atoms with Gasteiger partial charge in [0.15, 0.2) is 5.82 Å². The maximum absolute atomic E-state index is 14.4. The van der Waals surface area contributed by atoms with Gasteiger partial charge < -0.3 is 19.9 Å². The van der Waals surface area contributed by atoms with Gasteiger partial charge in [-0.05, 0) is 26.2 Å². The molecule has 1 aliphatic carbocycles. The van der Waals surface area contributed by atoms with Crippen molar-refractivity contribution < 1.29 is 31.9 Å². The highest BCUT2D eigenvalue weighted by Crippen LogP contribution is 2.46. The van der Waals surface area contributed by atoms with Crippen LogP contribution in [0.25, 0.3) is 0 Å². The molecule has 1 aromatic heterocycles. The van der Waals surface area contributed by atoms with E-state index in [1.54, 1.807) is 9.80 Å². The molecule has 0 spiro atoms. The molecule has 200 valence electrons. The van der Waals surface area contributed by atoms with Crippen LogP contribution in [0.1, 0.15) is 35.3 Å². The lowest BCUT2D eigenvalue weighted by atomic mass is 9.74. The van der Waals surface area contributed by atoms with Crippen molar-refractivity contribution in [2.75, 3.05) is 39.4 Å². The number of halogens is 5. The number of aromatic amines is 1. The van der Waals surface area contributed by atoms with Gasteiger partial charge in [-0.1, -0.05) is 15.9 Å². The SMILES string of the molecule is Cc1[nH]c(=O)cc(C(=O)N[C@@H]2CCN(C3C(C(=O)N4CCOCC4)CC(Br)CC3C(F)(F)F)C2)c1F. The number of morpholine rings is 1. The minimum atomic E-state index is -4.51. The maximum Gasteiger partial charge on any atom is 0.393 e. The normalized spacial score (nSPS) is 29.8. The molecule has 0 aromatic carbocycles.